The average molecular weight is 272 g/mol. The smallest absolute Gasteiger partial charge is 0.184 e. The molecule has 1 aliphatic heterocycles. The summed E-state index contributed by atoms with van der Waals surface area (Å²) in [5, 5.41) is 0. The summed E-state index contributed by atoms with van der Waals surface area (Å²) >= 11 is 0. The zero-order chi connectivity index (χ0) is 14.2. The van der Waals surface area contributed by atoms with E-state index in [9.17, 15) is 4.79 Å². The summed E-state index contributed by atoms with van der Waals surface area (Å²) in [6.45, 7) is 4.61. The van der Waals surface area contributed by atoms with Crippen LogP contribution in [0.5, 0.6) is 0 Å². The van der Waals surface area contributed by atoms with Gasteiger partial charge in [0.05, 0.1) is 5.84 Å². The van der Waals surface area contributed by atoms with E-state index in [4.69, 9.17) is 0 Å². The molecule has 3 nitrogen and oxygen atoms in total. The Kier molecular flexibility index (Phi) is 5.78. The fourth-order valence-electron chi connectivity index (χ4n) is 2.62. The largest absolute Gasteiger partial charge is 0.360 e. The first-order valence-electron chi connectivity index (χ1n) is 7.67. The van der Waals surface area contributed by atoms with Crippen molar-refractivity contribution in [3.63, 3.8) is 0 Å². The number of benzene rings is 1. The summed E-state index contributed by atoms with van der Waals surface area (Å²) in [6.07, 6.45) is 5.85. The second-order valence-electron chi connectivity index (χ2n) is 5.32. The third kappa shape index (κ3) is 4.19. The molecule has 0 aromatic heterocycles. The first kappa shape index (κ1) is 14.8. The zero-order valence-electron chi connectivity index (χ0n) is 12.3. The highest BCUT2D eigenvalue weighted by Gasteiger charge is 2.14. The summed E-state index contributed by atoms with van der Waals surface area (Å²) in [6, 6.07) is 9.45. The number of aliphatic imine (C=N–C) groups is 1. The van der Waals surface area contributed by atoms with E-state index < -0.39 is 0 Å². The van der Waals surface area contributed by atoms with Gasteiger partial charge >= 0.3 is 0 Å². The fourth-order valence-corrected chi connectivity index (χ4v) is 2.62. The standard InChI is InChI=1S/C17H24N2O/c1-2-12-19-13-8-4-7-11-17(19)18-14-16(20)15-9-5-3-6-10-15/h3,5-6,9-10H,2,4,7-8,11-14H2,1H3. The predicted octanol–water partition coefficient (Wildman–Crippen LogP) is 3.55. The van der Waals surface area contributed by atoms with Crippen LogP contribution in [0.4, 0.5) is 0 Å². The van der Waals surface area contributed by atoms with Crippen LogP contribution < -0.4 is 0 Å². The Labute approximate surface area is 121 Å². The van der Waals surface area contributed by atoms with Crippen LogP contribution in [0.3, 0.4) is 0 Å². The topological polar surface area (TPSA) is 32.7 Å². The van der Waals surface area contributed by atoms with Gasteiger partial charge in [0.25, 0.3) is 0 Å². The first-order chi connectivity index (χ1) is 9.81. The Morgan fingerprint density at radius 3 is 2.75 bits per heavy atom. The second kappa shape index (κ2) is 7.83. The monoisotopic (exact) mass is 272 g/mol. The molecule has 3 heteroatoms. The van der Waals surface area contributed by atoms with Gasteiger partial charge in [-0.1, -0.05) is 43.7 Å². The quantitative estimate of drug-likeness (QED) is 0.768. The van der Waals surface area contributed by atoms with Crippen molar-refractivity contribution >= 4 is 11.6 Å². The third-order valence-corrected chi connectivity index (χ3v) is 3.69. The number of carbonyl (C=O) groups is 1. The molecule has 1 heterocycles. The summed E-state index contributed by atoms with van der Waals surface area (Å²) in [7, 11) is 0. The van der Waals surface area contributed by atoms with Crippen molar-refractivity contribution in [1.82, 2.24) is 4.90 Å². The number of hydrogen-bond donors (Lipinski definition) is 0. The van der Waals surface area contributed by atoms with E-state index in [1.165, 1.54) is 19.3 Å². The molecule has 1 fully saturated rings. The molecule has 1 aromatic carbocycles. The predicted molar refractivity (Wildman–Crippen MR) is 83.4 cm³/mol. The van der Waals surface area contributed by atoms with Crippen molar-refractivity contribution in [2.75, 3.05) is 19.6 Å². The van der Waals surface area contributed by atoms with Crippen molar-refractivity contribution in [3.8, 4) is 0 Å². The summed E-state index contributed by atoms with van der Waals surface area (Å²) < 4.78 is 0. The van der Waals surface area contributed by atoms with Crippen LogP contribution in [0.2, 0.25) is 0 Å². The van der Waals surface area contributed by atoms with Gasteiger partial charge < -0.3 is 4.90 Å². The maximum Gasteiger partial charge on any atom is 0.184 e. The van der Waals surface area contributed by atoms with Crippen molar-refractivity contribution in [1.29, 1.82) is 0 Å². The van der Waals surface area contributed by atoms with Crippen molar-refractivity contribution in [3.05, 3.63) is 35.9 Å². The van der Waals surface area contributed by atoms with Crippen LogP contribution in [0, 0.1) is 0 Å². The normalized spacial score (nSPS) is 18.1. The van der Waals surface area contributed by atoms with Gasteiger partial charge in [0.2, 0.25) is 0 Å². The van der Waals surface area contributed by atoms with Crippen LogP contribution in [-0.4, -0.2) is 36.2 Å². The first-order valence-corrected chi connectivity index (χ1v) is 7.67. The summed E-state index contributed by atoms with van der Waals surface area (Å²) in [5.74, 6) is 1.24. The molecule has 108 valence electrons. The van der Waals surface area contributed by atoms with E-state index in [0.29, 0.717) is 0 Å². The maximum atomic E-state index is 12.1. The van der Waals surface area contributed by atoms with Crippen LogP contribution in [0.1, 0.15) is 49.4 Å². The third-order valence-electron chi connectivity index (χ3n) is 3.69. The molecule has 1 saturated heterocycles. The minimum absolute atomic E-state index is 0.110. The lowest BCUT2D eigenvalue weighted by molar-refractivity contribution is 0.100. The molecule has 1 aromatic rings. The number of hydrogen-bond acceptors (Lipinski definition) is 2. The number of Topliss-reactive ketones (excluding diaryl/α,β-unsaturated/α-hetero) is 1. The number of carbonyl (C=O) groups excluding carboxylic acids is 1. The van der Waals surface area contributed by atoms with E-state index in [0.717, 1.165) is 37.3 Å². The van der Waals surface area contributed by atoms with E-state index in [1.807, 2.05) is 30.3 Å². The Morgan fingerprint density at radius 1 is 1.20 bits per heavy atom. The van der Waals surface area contributed by atoms with Crippen molar-refractivity contribution in [2.45, 2.75) is 39.0 Å². The molecule has 20 heavy (non-hydrogen) atoms. The molecule has 0 unspecified atom stereocenters. The Bertz CT molecular complexity index is 453. The minimum Gasteiger partial charge on any atom is -0.360 e. The van der Waals surface area contributed by atoms with E-state index in [1.54, 1.807) is 0 Å². The minimum atomic E-state index is 0.110. The lowest BCUT2D eigenvalue weighted by atomic mass is 10.1. The van der Waals surface area contributed by atoms with Crippen LogP contribution in [0.15, 0.2) is 35.3 Å². The van der Waals surface area contributed by atoms with E-state index in [2.05, 4.69) is 16.8 Å². The highest BCUT2D eigenvalue weighted by Crippen LogP contribution is 2.13. The van der Waals surface area contributed by atoms with Gasteiger partial charge in [-0.3, -0.25) is 9.79 Å². The molecular weight excluding hydrogens is 248 g/mol. The molecule has 0 saturated carbocycles. The number of nitrogens with zero attached hydrogens (tertiary/aromatic N) is 2. The molecule has 0 spiro atoms. The van der Waals surface area contributed by atoms with Gasteiger partial charge in [0, 0.05) is 25.1 Å². The van der Waals surface area contributed by atoms with Crippen LogP contribution >= 0.6 is 0 Å². The molecule has 0 bridgehead atoms. The highest BCUT2D eigenvalue weighted by molar-refractivity contribution is 5.99. The van der Waals surface area contributed by atoms with Crippen molar-refractivity contribution in [2.24, 2.45) is 4.99 Å². The zero-order valence-corrected chi connectivity index (χ0v) is 12.3. The number of rotatable bonds is 5. The molecule has 2 rings (SSSR count). The molecule has 0 atom stereocenters. The van der Waals surface area contributed by atoms with Gasteiger partial charge in [-0.05, 0) is 19.3 Å². The maximum absolute atomic E-state index is 12.1. The summed E-state index contributed by atoms with van der Waals surface area (Å²) in [5.41, 5.74) is 0.757. The Hall–Kier alpha value is -1.64. The molecule has 0 amide bonds. The second-order valence-corrected chi connectivity index (χ2v) is 5.32. The van der Waals surface area contributed by atoms with Crippen LogP contribution in [0.25, 0.3) is 0 Å². The average Bonchev–Trinajstić information content (AvgIpc) is 2.71. The van der Waals surface area contributed by atoms with Gasteiger partial charge in [-0.25, -0.2) is 0 Å². The Morgan fingerprint density at radius 2 is 2.00 bits per heavy atom. The molecule has 1 aliphatic rings. The highest BCUT2D eigenvalue weighted by atomic mass is 16.1. The van der Waals surface area contributed by atoms with Crippen molar-refractivity contribution < 1.29 is 4.79 Å². The molecule has 0 radical (unpaired) electrons. The molecular formula is C17H24N2O. The molecule has 0 N–H and O–H groups in total. The fraction of sp³-hybridized carbons (Fsp3) is 0.529. The van der Waals surface area contributed by atoms with E-state index >= 15 is 0 Å². The van der Waals surface area contributed by atoms with Gasteiger partial charge in [-0.2, -0.15) is 0 Å². The number of likely N-dealkylation sites (tertiary alicyclic amines) is 1. The van der Waals surface area contributed by atoms with Gasteiger partial charge in [-0.15, -0.1) is 0 Å². The van der Waals surface area contributed by atoms with Gasteiger partial charge in [0.1, 0.15) is 6.54 Å². The number of ketones is 1. The lowest BCUT2D eigenvalue weighted by Gasteiger charge is -2.23. The summed E-state index contributed by atoms with van der Waals surface area (Å²) in [4.78, 5) is 19.1. The SMILES string of the molecule is CCCN1CCCCCC1=NCC(=O)c1ccccc1. The molecule has 0 aliphatic carbocycles. The van der Waals surface area contributed by atoms with Gasteiger partial charge in [0.15, 0.2) is 5.78 Å². The van der Waals surface area contributed by atoms with Crippen LogP contribution in [-0.2, 0) is 0 Å². The Balaban J connectivity index is 2.02. The lowest BCUT2D eigenvalue weighted by Crippen LogP contribution is -2.31. The van der Waals surface area contributed by atoms with E-state index in [-0.39, 0.29) is 12.3 Å². The number of amidine groups is 1.